The van der Waals surface area contributed by atoms with Crippen LogP contribution >= 0.6 is 0 Å². The van der Waals surface area contributed by atoms with Crippen molar-refractivity contribution < 1.29 is 5.11 Å². The first-order valence-corrected chi connectivity index (χ1v) is 4.46. The van der Waals surface area contributed by atoms with E-state index in [4.69, 9.17) is 5.84 Å². The van der Waals surface area contributed by atoms with Crippen molar-refractivity contribution in [2.45, 2.75) is 38.2 Å². The summed E-state index contributed by atoms with van der Waals surface area (Å²) < 4.78 is 0. The Bertz CT molecular complexity index is 102. The lowest BCUT2D eigenvalue weighted by molar-refractivity contribution is 0.0844. The lowest BCUT2D eigenvalue weighted by atomic mass is 9.85. The van der Waals surface area contributed by atoms with Gasteiger partial charge in [-0.05, 0) is 18.8 Å². The van der Waals surface area contributed by atoms with Crippen LogP contribution in [0.5, 0.6) is 0 Å². The molecule has 0 aliphatic heterocycles. The summed E-state index contributed by atoms with van der Waals surface area (Å²) in [6.07, 6.45) is 5.98. The zero-order valence-corrected chi connectivity index (χ0v) is 6.92. The molecule has 0 radical (unpaired) electrons. The molecule has 0 aromatic heterocycles. The van der Waals surface area contributed by atoms with Crippen LogP contribution in [-0.4, -0.2) is 17.8 Å². The van der Waals surface area contributed by atoms with Gasteiger partial charge < -0.3 is 5.11 Å². The molecule has 66 valence electrons. The number of nitrogens with one attached hydrogen (secondary N) is 1. The lowest BCUT2D eigenvalue weighted by Crippen LogP contribution is -2.37. The Kier molecular flexibility index (Phi) is 3.83. The first kappa shape index (κ1) is 8.97. The summed E-state index contributed by atoms with van der Waals surface area (Å²) in [4.78, 5) is 0. The molecule has 1 fully saturated rings. The minimum Gasteiger partial charge on any atom is -0.391 e. The van der Waals surface area contributed by atoms with Crippen LogP contribution in [0.3, 0.4) is 0 Å². The van der Waals surface area contributed by atoms with Crippen molar-refractivity contribution in [3.05, 3.63) is 0 Å². The van der Waals surface area contributed by atoms with Crippen LogP contribution < -0.4 is 11.3 Å². The molecule has 0 saturated heterocycles. The van der Waals surface area contributed by atoms with Gasteiger partial charge in [0.15, 0.2) is 0 Å². The minimum atomic E-state index is -0.236. The number of nitrogens with two attached hydrogens (primary N) is 1. The lowest BCUT2D eigenvalue weighted by Gasteiger charge is -2.26. The molecule has 0 aromatic carbocycles. The zero-order valence-electron chi connectivity index (χ0n) is 6.92. The maximum absolute atomic E-state index is 9.53. The highest BCUT2D eigenvalue weighted by atomic mass is 16.3. The maximum Gasteiger partial charge on any atom is 0.0706 e. The first-order chi connectivity index (χ1) is 5.34. The predicted octanol–water partition coefficient (Wildman–Crippen LogP) is 0.391. The number of hydrogen-bond acceptors (Lipinski definition) is 3. The van der Waals surface area contributed by atoms with E-state index in [0.29, 0.717) is 12.5 Å². The summed E-state index contributed by atoms with van der Waals surface area (Å²) in [5, 5.41) is 9.53. The molecule has 4 N–H and O–H groups in total. The van der Waals surface area contributed by atoms with Crippen LogP contribution in [-0.2, 0) is 0 Å². The van der Waals surface area contributed by atoms with Crippen LogP contribution in [0.2, 0.25) is 0 Å². The second kappa shape index (κ2) is 4.70. The van der Waals surface area contributed by atoms with E-state index >= 15 is 0 Å². The second-order valence-electron chi connectivity index (χ2n) is 3.37. The highest BCUT2D eigenvalue weighted by Gasteiger charge is 2.20. The molecule has 1 rings (SSSR count). The van der Waals surface area contributed by atoms with E-state index in [1.807, 2.05) is 0 Å². The largest absolute Gasteiger partial charge is 0.391 e. The average Bonchev–Trinajstić information content (AvgIpc) is 2.07. The van der Waals surface area contributed by atoms with Crippen molar-refractivity contribution in [3.8, 4) is 0 Å². The van der Waals surface area contributed by atoms with Crippen molar-refractivity contribution in [1.82, 2.24) is 5.43 Å². The third-order valence-corrected chi connectivity index (χ3v) is 2.52. The van der Waals surface area contributed by atoms with E-state index in [1.165, 1.54) is 32.1 Å². The smallest absolute Gasteiger partial charge is 0.0706 e. The summed E-state index contributed by atoms with van der Waals surface area (Å²) >= 11 is 0. The van der Waals surface area contributed by atoms with E-state index in [2.05, 4.69) is 5.43 Å². The van der Waals surface area contributed by atoms with Crippen LogP contribution in [0, 0.1) is 5.92 Å². The van der Waals surface area contributed by atoms with Gasteiger partial charge in [-0.25, -0.2) is 0 Å². The summed E-state index contributed by atoms with van der Waals surface area (Å²) in [6, 6.07) is 0. The molecule has 1 aliphatic rings. The Morgan fingerprint density at radius 1 is 1.36 bits per heavy atom. The normalized spacial score (nSPS) is 23.5. The van der Waals surface area contributed by atoms with Crippen LogP contribution in [0.15, 0.2) is 0 Å². The van der Waals surface area contributed by atoms with Crippen molar-refractivity contribution in [2.24, 2.45) is 11.8 Å². The number of aliphatic hydroxyl groups is 1. The standard InChI is InChI=1S/C8H18N2O/c9-10-6-8(11)7-4-2-1-3-5-7/h7-8,10-11H,1-6,9H2. The van der Waals surface area contributed by atoms with E-state index < -0.39 is 0 Å². The van der Waals surface area contributed by atoms with Crippen LogP contribution in [0.1, 0.15) is 32.1 Å². The molecule has 3 heteroatoms. The fourth-order valence-corrected chi connectivity index (χ4v) is 1.81. The molecule has 3 nitrogen and oxygen atoms in total. The Balaban J connectivity index is 2.21. The summed E-state index contributed by atoms with van der Waals surface area (Å²) in [5.74, 6) is 5.61. The molecular formula is C8H18N2O. The Morgan fingerprint density at radius 2 is 2.00 bits per heavy atom. The Labute approximate surface area is 67.9 Å². The van der Waals surface area contributed by atoms with Gasteiger partial charge in [-0.1, -0.05) is 19.3 Å². The topological polar surface area (TPSA) is 58.3 Å². The van der Waals surface area contributed by atoms with E-state index in [0.717, 1.165) is 0 Å². The van der Waals surface area contributed by atoms with Crippen LogP contribution in [0.25, 0.3) is 0 Å². The molecule has 0 spiro atoms. The zero-order chi connectivity index (χ0) is 8.10. The third-order valence-electron chi connectivity index (χ3n) is 2.52. The van der Waals surface area contributed by atoms with Crippen molar-refractivity contribution in [2.75, 3.05) is 6.54 Å². The monoisotopic (exact) mass is 158 g/mol. The fourth-order valence-electron chi connectivity index (χ4n) is 1.81. The summed E-state index contributed by atoms with van der Waals surface area (Å²) in [7, 11) is 0. The highest BCUT2D eigenvalue weighted by Crippen LogP contribution is 2.25. The highest BCUT2D eigenvalue weighted by molar-refractivity contribution is 4.73. The van der Waals surface area contributed by atoms with Gasteiger partial charge in [0.05, 0.1) is 6.10 Å². The molecule has 0 amide bonds. The SMILES string of the molecule is NNCC(O)C1CCCCC1. The van der Waals surface area contributed by atoms with E-state index in [1.54, 1.807) is 0 Å². The maximum atomic E-state index is 9.53. The van der Waals surface area contributed by atoms with Gasteiger partial charge in [-0.2, -0.15) is 0 Å². The van der Waals surface area contributed by atoms with Crippen LogP contribution in [0.4, 0.5) is 0 Å². The van der Waals surface area contributed by atoms with E-state index in [-0.39, 0.29) is 6.10 Å². The number of hydrogen-bond donors (Lipinski definition) is 3. The Morgan fingerprint density at radius 3 is 2.55 bits per heavy atom. The quantitative estimate of drug-likeness (QED) is 0.411. The number of rotatable bonds is 3. The second-order valence-corrected chi connectivity index (χ2v) is 3.37. The molecule has 1 atom stereocenters. The van der Waals surface area contributed by atoms with Gasteiger partial charge in [-0.3, -0.25) is 11.3 Å². The molecule has 1 unspecified atom stereocenters. The summed E-state index contributed by atoms with van der Waals surface area (Å²) in [5.41, 5.74) is 2.51. The van der Waals surface area contributed by atoms with Crippen molar-refractivity contribution >= 4 is 0 Å². The average molecular weight is 158 g/mol. The third kappa shape index (κ3) is 2.77. The van der Waals surface area contributed by atoms with Gasteiger partial charge in [0.25, 0.3) is 0 Å². The molecule has 0 heterocycles. The summed E-state index contributed by atoms with van der Waals surface area (Å²) in [6.45, 7) is 0.532. The number of hydrazine groups is 1. The molecule has 11 heavy (non-hydrogen) atoms. The minimum absolute atomic E-state index is 0.236. The predicted molar refractivity (Wildman–Crippen MR) is 44.8 cm³/mol. The molecule has 0 bridgehead atoms. The van der Waals surface area contributed by atoms with Gasteiger partial charge >= 0.3 is 0 Å². The fraction of sp³-hybridized carbons (Fsp3) is 1.00. The molecule has 1 saturated carbocycles. The van der Waals surface area contributed by atoms with E-state index in [9.17, 15) is 5.11 Å². The molecule has 1 aliphatic carbocycles. The number of aliphatic hydroxyl groups excluding tert-OH is 1. The van der Waals surface area contributed by atoms with Gasteiger partial charge in [-0.15, -0.1) is 0 Å². The molecular weight excluding hydrogens is 140 g/mol. The molecule has 0 aromatic rings. The van der Waals surface area contributed by atoms with Crippen molar-refractivity contribution in [3.63, 3.8) is 0 Å². The Hall–Kier alpha value is -0.120. The van der Waals surface area contributed by atoms with Gasteiger partial charge in [0.1, 0.15) is 0 Å². The first-order valence-electron chi connectivity index (χ1n) is 4.46. The van der Waals surface area contributed by atoms with Gasteiger partial charge in [0, 0.05) is 6.54 Å². The van der Waals surface area contributed by atoms with Gasteiger partial charge in [0.2, 0.25) is 0 Å². The van der Waals surface area contributed by atoms with Crippen molar-refractivity contribution in [1.29, 1.82) is 0 Å².